The molecule has 6 heteroatoms. The molecule has 164 valence electrons. The molecule has 1 aromatic carbocycles. The highest BCUT2D eigenvalue weighted by Crippen LogP contribution is 2.32. The number of halogens is 1. The van der Waals surface area contributed by atoms with Crippen molar-refractivity contribution >= 4 is 27.6 Å². The Morgan fingerprint density at radius 3 is 2.55 bits per heavy atom. The number of nitrogens with one attached hydrogen (secondary N) is 1. The second-order valence-corrected chi connectivity index (χ2v) is 9.06. The molecule has 1 saturated carbocycles. The van der Waals surface area contributed by atoms with Gasteiger partial charge in [0.25, 0.3) is 0 Å². The van der Waals surface area contributed by atoms with Gasteiger partial charge in [0.1, 0.15) is 0 Å². The Bertz CT molecular complexity index is 645. The lowest BCUT2D eigenvalue weighted by atomic mass is 9.79. The maximum atomic E-state index is 12.5. The predicted molar refractivity (Wildman–Crippen MR) is 122 cm³/mol. The van der Waals surface area contributed by atoms with Crippen LogP contribution >= 0.6 is 15.9 Å². The van der Waals surface area contributed by atoms with Crippen LogP contribution in [0.3, 0.4) is 0 Å². The van der Waals surface area contributed by atoms with E-state index in [2.05, 4.69) is 28.2 Å². The number of carbonyl (C=O) groups excluding carboxylic acids is 1. The third kappa shape index (κ3) is 7.58. The van der Waals surface area contributed by atoms with Crippen molar-refractivity contribution < 1.29 is 14.6 Å². The number of hydrogen-bond donors (Lipinski definition) is 3. The zero-order valence-corrected chi connectivity index (χ0v) is 19.4. The van der Waals surface area contributed by atoms with Crippen LogP contribution in [0.5, 0.6) is 0 Å². The Hall–Kier alpha value is -1.11. The molecular formula is C23H37BrN2O3. The number of hydrogen-bond acceptors (Lipinski definition) is 5. The van der Waals surface area contributed by atoms with E-state index in [1.165, 1.54) is 32.1 Å². The van der Waals surface area contributed by atoms with E-state index in [1.807, 2.05) is 6.07 Å². The van der Waals surface area contributed by atoms with Crippen LogP contribution in [0, 0.1) is 0 Å². The highest BCUT2D eigenvalue weighted by Gasteiger charge is 2.29. The summed E-state index contributed by atoms with van der Waals surface area (Å²) in [4.78, 5) is 12.5. The highest BCUT2D eigenvalue weighted by atomic mass is 79.9. The average molecular weight is 469 g/mol. The number of nitrogens with two attached hydrogens (primary N) is 1. The summed E-state index contributed by atoms with van der Waals surface area (Å²) < 4.78 is 6.19. The molecule has 1 fully saturated rings. The summed E-state index contributed by atoms with van der Waals surface area (Å²) in [6.45, 7) is 3.57. The topological polar surface area (TPSA) is 84.6 Å². The van der Waals surface area contributed by atoms with E-state index in [4.69, 9.17) is 15.6 Å². The average Bonchev–Trinajstić information content (AvgIpc) is 2.74. The number of esters is 1. The van der Waals surface area contributed by atoms with Gasteiger partial charge in [-0.05, 0) is 65.7 Å². The molecule has 1 aliphatic carbocycles. The number of anilines is 1. The van der Waals surface area contributed by atoms with Crippen LogP contribution in [0.1, 0.15) is 93.5 Å². The van der Waals surface area contributed by atoms with Crippen molar-refractivity contribution in [3.63, 3.8) is 0 Å². The van der Waals surface area contributed by atoms with Gasteiger partial charge in [-0.15, -0.1) is 0 Å². The summed E-state index contributed by atoms with van der Waals surface area (Å²) >= 11 is 3.50. The number of unbranched alkanes of at least 4 members (excludes halogenated alkanes) is 4. The number of nitrogen functional groups attached to an aromatic ring is 1. The summed E-state index contributed by atoms with van der Waals surface area (Å²) in [5, 5.41) is 12.5. The summed E-state index contributed by atoms with van der Waals surface area (Å²) in [6.07, 6.45) is 12.1. The molecule has 0 bridgehead atoms. The van der Waals surface area contributed by atoms with E-state index in [0.29, 0.717) is 24.4 Å². The van der Waals surface area contributed by atoms with Gasteiger partial charge >= 0.3 is 5.97 Å². The zero-order chi connectivity index (χ0) is 21.1. The van der Waals surface area contributed by atoms with E-state index in [0.717, 1.165) is 48.6 Å². The maximum Gasteiger partial charge on any atom is 0.338 e. The number of aliphatic hydroxyl groups excluding tert-OH is 1. The second kappa shape index (κ2) is 12.6. The number of ether oxygens (including phenoxy) is 1. The van der Waals surface area contributed by atoms with Gasteiger partial charge in [0.15, 0.2) is 0 Å². The molecule has 1 aliphatic rings. The van der Waals surface area contributed by atoms with E-state index in [9.17, 15) is 4.79 Å². The maximum absolute atomic E-state index is 12.5. The summed E-state index contributed by atoms with van der Waals surface area (Å²) in [5.41, 5.74) is 8.62. The van der Waals surface area contributed by atoms with Crippen molar-refractivity contribution in [3.8, 4) is 0 Å². The van der Waals surface area contributed by atoms with Crippen LogP contribution in [0.25, 0.3) is 0 Å². The van der Waals surface area contributed by atoms with Crippen molar-refractivity contribution in [1.29, 1.82) is 0 Å². The first-order valence-electron chi connectivity index (χ1n) is 11.1. The smallest absolute Gasteiger partial charge is 0.338 e. The van der Waals surface area contributed by atoms with Gasteiger partial charge in [0.2, 0.25) is 0 Å². The molecule has 4 N–H and O–H groups in total. The van der Waals surface area contributed by atoms with Gasteiger partial charge in [-0.25, -0.2) is 4.79 Å². The van der Waals surface area contributed by atoms with Crippen LogP contribution in [0.15, 0.2) is 16.6 Å². The van der Waals surface area contributed by atoms with Crippen LogP contribution in [0.4, 0.5) is 5.69 Å². The number of aliphatic hydroxyl groups is 1. The van der Waals surface area contributed by atoms with E-state index < -0.39 is 0 Å². The summed E-state index contributed by atoms with van der Waals surface area (Å²) in [5.74, 6) is -0.301. The van der Waals surface area contributed by atoms with Crippen LogP contribution < -0.4 is 11.1 Å². The molecule has 2 rings (SSSR count). The lowest BCUT2D eigenvalue weighted by Gasteiger charge is -2.38. The molecule has 5 nitrogen and oxygen atoms in total. The largest absolute Gasteiger partial charge is 0.462 e. The molecule has 0 atom stereocenters. The van der Waals surface area contributed by atoms with Crippen molar-refractivity contribution in [2.45, 2.75) is 89.6 Å². The van der Waals surface area contributed by atoms with E-state index >= 15 is 0 Å². The molecule has 0 amide bonds. The van der Waals surface area contributed by atoms with Crippen LogP contribution in [-0.2, 0) is 11.3 Å². The number of rotatable bonds is 12. The quantitative estimate of drug-likeness (QED) is 0.219. The summed E-state index contributed by atoms with van der Waals surface area (Å²) in [7, 11) is 0. The first-order chi connectivity index (χ1) is 14.0. The molecule has 0 aromatic heterocycles. The van der Waals surface area contributed by atoms with Crippen molar-refractivity contribution in [2.75, 3.05) is 18.9 Å². The lowest BCUT2D eigenvalue weighted by Crippen LogP contribution is -2.45. The first kappa shape index (κ1) is 24.2. The van der Waals surface area contributed by atoms with Gasteiger partial charge in [-0.2, -0.15) is 0 Å². The van der Waals surface area contributed by atoms with Crippen molar-refractivity contribution in [3.05, 3.63) is 27.7 Å². The molecule has 0 heterocycles. The van der Waals surface area contributed by atoms with E-state index in [1.54, 1.807) is 6.07 Å². The monoisotopic (exact) mass is 468 g/mol. The minimum absolute atomic E-state index is 0.184. The molecule has 0 unspecified atom stereocenters. The molecular weight excluding hydrogens is 432 g/mol. The molecule has 0 saturated heterocycles. The van der Waals surface area contributed by atoms with Crippen molar-refractivity contribution in [2.24, 2.45) is 0 Å². The van der Waals surface area contributed by atoms with Crippen LogP contribution in [-0.4, -0.2) is 29.8 Å². The first-order valence-corrected chi connectivity index (χ1v) is 11.9. The van der Waals surface area contributed by atoms with Gasteiger partial charge in [0, 0.05) is 23.2 Å². The fourth-order valence-corrected chi connectivity index (χ4v) is 4.60. The molecule has 29 heavy (non-hydrogen) atoms. The van der Waals surface area contributed by atoms with Gasteiger partial charge in [-0.1, -0.05) is 45.4 Å². The Balaban J connectivity index is 1.91. The van der Waals surface area contributed by atoms with Gasteiger partial charge in [-0.3, -0.25) is 0 Å². The highest BCUT2D eigenvalue weighted by molar-refractivity contribution is 9.10. The van der Waals surface area contributed by atoms with Gasteiger partial charge < -0.3 is 20.9 Å². The van der Waals surface area contributed by atoms with Gasteiger partial charge in [0.05, 0.1) is 17.9 Å². The Morgan fingerprint density at radius 1 is 1.17 bits per heavy atom. The molecule has 1 aromatic rings. The number of benzene rings is 1. The number of carbonyl (C=O) groups is 1. The molecule has 0 radical (unpaired) electrons. The van der Waals surface area contributed by atoms with Crippen LogP contribution in [0.2, 0.25) is 0 Å². The zero-order valence-electron chi connectivity index (χ0n) is 17.8. The van der Waals surface area contributed by atoms with Crippen molar-refractivity contribution in [1.82, 2.24) is 5.32 Å². The minimum atomic E-state index is -0.301. The Kier molecular flexibility index (Phi) is 10.5. The second-order valence-electron chi connectivity index (χ2n) is 8.21. The fraction of sp³-hybridized carbons (Fsp3) is 0.696. The normalized spacial score (nSPS) is 16.0. The Labute approximate surface area is 183 Å². The van der Waals surface area contributed by atoms with E-state index in [-0.39, 0.29) is 18.1 Å². The Morgan fingerprint density at radius 2 is 1.86 bits per heavy atom. The molecule has 0 aliphatic heterocycles. The lowest BCUT2D eigenvalue weighted by molar-refractivity contribution is 0.0497. The third-order valence-electron chi connectivity index (χ3n) is 6.13. The summed E-state index contributed by atoms with van der Waals surface area (Å²) in [6, 6.07) is 3.61. The fourth-order valence-electron chi connectivity index (χ4n) is 4.10. The minimum Gasteiger partial charge on any atom is -0.462 e. The predicted octanol–water partition coefficient (Wildman–Crippen LogP) is 5.33. The third-order valence-corrected chi connectivity index (χ3v) is 6.78. The molecule has 0 spiro atoms. The SMILES string of the molecule is CCC1(NCc2cc(C(=O)OCCCCCCCO)cc(Br)c2N)CCCCC1. The standard InChI is InChI=1S/C23H37BrN2O3/c1-2-23(11-7-6-8-12-23)26-17-19-15-18(16-20(24)21(19)25)22(28)29-14-10-5-3-4-9-13-27/h15-16,26-27H,2-14,17,25H2,1H3.